The molecule has 0 unspecified atom stereocenters. The van der Waals surface area contributed by atoms with E-state index in [1.807, 2.05) is 0 Å². The van der Waals surface area contributed by atoms with Gasteiger partial charge in [-0.25, -0.2) is 0 Å². The molecule has 0 saturated carbocycles. The highest BCUT2D eigenvalue weighted by Gasteiger charge is 2.19. The summed E-state index contributed by atoms with van der Waals surface area (Å²) in [7, 11) is 0. The Balaban J connectivity index is 4.49. The molecular formula is C59H96O6. The summed E-state index contributed by atoms with van der Waals surface area (Å²) in [6.07, 6.45) is 70.7. The standard InChI is InChI=1S/C59H96O6/c1-4-7-10-13-16-19-22-25-27-28-29-30-32-34-37-40-43-46-49-52-58(61)64-55-56(54-63-57(60)51-48-45-42-39-36-33-24-21-18-15-12-9-6-3)65-59(62)53-50-47-44-41-38-35-31-26-23-20-17-14-11-8-5-2/h7-8,10-11,16-17,19-21,24-27,29-31,34,37,56H,4-6,9,12-15,18,22-23,28,32-33,35-36,38-55H2,1-3H3/b10-7+,11-8+,19-16+,20-17+,24-21+,27-25+,30-29+,31-26+,37-34+/t56-/m1/s1. The molecule has 6 nitrogen and oxygen atoms in total. The summed E-state index contributed by atoms with van der Waals surface area (Å²) in [5, 5.41) is 0. The largest absolute Gasteiger partial charge is 0.462 e. The summed E-state index contributed by atoms with van der Waals surface area (Å²) in [5.74, 6) is -0.965. The van der Waals surface area contributed by atoms with Crippen LogP contribution >= 0.6 is 0 Å². The molecule has 0 N–H and O–H groups in total. The van der Waals surface area contributed by atoms with E-state index in [0.29, 0.717) is 19.3 Å². The second-order valence-electron chi connectivity index (χ2n) is 17.0. The summed E-state index contributed by atoms with van der Waals surface area (Å²) in [4.78, 5) is 38.0. The molecule has 0 aromatic rings. The minimum Gasteiger partial charge on any atom is -0.462 e. The minimum atomic E-state index is -0.806. The van der Waals surface area contributed by atoms with Crippen molar-refractivity contribution in [2.45, 2.75) is 232 Å². The van der Waals surface area contributed by atoms with Crippen molar-refractivity contribution in [2.24, 2.45) is 0 Å². The average molecular weight is 901 g/mol. The first kappa shape index (κ1) is 61.1. The van der Waals surface area contributed by atoms with Crippen molar-refractivity contribution in [3.8, 4) is 0 Å². The van der Waals surface area contributed by atoms with Crippen LogP contribution in [-0.4, -0.2) is 37.2 Å². The van der Waals surface area contributed by atoms with Gasteiger partial charge in [0, 0.05) is 19.3 Å². The topological polar surface area (TPSA) is 78.9 Å². The van der Waals surface area contributed by atoms with Gasteiger partial charge in [-0.2, -0.15) is 0 Å². The van der Waals surface area contributed by atoms with Crippen LogP contribution in [0.25, 0.3) is 0 Å². The Kier molecular flexibility index (Phi) is 49.5. The van der Waals surface area contributed by atoms with Gasteiger partial charge >= 0.3 is 17.9 Å². The van der Waals surface area contributed by atoms with Gasteiger partial charge in [-0.3, -0.25) is 14.4 Å². The highest BCUT2D eigenvalue weighted by Crippen LogP contribution is 2.13. The maximum Gasteiger partial charge on any atom is 0.306 e. The van der Waals surface area contributed by atoms with Crippen molar-refractivity contribution in [1.29, 1.82) is 0 Å². The van der Waals surface area contributed by atoms with Gasteiger partial charge in [-0.15, -0.1) is 0 Å². The number of ether oxygens (including phenoxy) is 3. The van der Waals surface area contributed by atoms with Crippen LogP contribution in [0.15, 0.2) is 109 Å². The van der Waals surface area contributed by atoms with E-state index < -0.39 is 6.10 Å². The highest BCUT2D eigenvalue weighted by atomic mass is 16.6. The van der Waals surface area contributed by atoms with Gasteiger partial charge in [0.1, 0.15) is 13.2 Å². The van der Waals surface area contributed by atoms with E-state index >= 15 is 0 Å². The van der Waals surface area contributed by atoms with Crippen LogP contribution in [-0.2, 0) is 28.6 Å². The van der Waals surface area contributed by atoms with Crippen LogP contribution < -0.4 is 0 Å². The zero-order valence-electron chi connectivity index (χ0n) is 42.0. The molecule has 0 fully saturated rings. The Morgan fingerprint density at radius 3 is 0.969 bits per heavy atom. The van der Waals surface area contributed by atoms with Crippen LogP contribution in [0.2, 0.25) is 0 Å². The van der Waals surface area contributed by atoms with Gasteiger partial charge in [-0.1, -0.05) is 194 Å². The number of allylic oxidation sites excluding steroid dienone is 18. The number of hydrogen-bond acceptors (Lipinski definition) is 6. The molecule has 368 valence electrons. The Hall–Kier alpha value is -3.93. The molecular weight excluding hydrogens is 805 g/mol. The van der Waals surface area contributed by atoms with Crippen molar-refractivity contribution in [1.82, 2.24) is 0 Å². The van der Waals surface area contributed by atoms with Gasteiger partial charge in [0.15, 0.2) is 6.10 Å². The van der Waals surface area contributed by atoms with Crippen LogP contribution in [0.4, 0.5) is 0 Å². The second-order valence-corrected chi connectivity index (χ2v) is 17.0. The van der Waals surface area contributed by atoms with Crippen molar-refractivity contribution < 1.29 is 28.6 Å². The number of carbonyl (C=O) groups is 3. The van der Waals surface area contributed by atoms with Gasteiger partial charge in [0.25, 0.3) is 0 Å². The van der Waals surface area contributed by atoms with Crippen molar-refractivity contribution in [2.75, 3.05) is 13.2 Å². The number of esters is 3. The lowest BCUT2D eigenvalue weighted by atomic mass is 10.1. The van der Waals surface area contributed by atoms with Crippen molar-refractivity contribution in [3.05, 3.63) is 109 Å². The van der Waals surface area contributed by atoms with Gasteiger partial charge in [0.2, 0.25) is 0 Å². The fourth-order valence-electron chi connectivity index (χ4n) is 6.83. The molecule has 0 aromatic carbocycles. The first-order valence-corrected chi connectivity index (χ1v) is 26.4. The molecule has 6 heteroatoms. The predicted molar refractivity (Wildman–Crippen MR) is 279 cm³/mol. The SMILES string of the molecule is CC/C=C/C/C=C/C/C=C/C/C=C/C/C=C/CCCCCC(=O)OC[C@@H](COC(=O)CCCCCCC/C=C/CCCCCC)OC(=O)CCCCCCC/C=C/C/C=C/C/C=C/CC. The monoisotopic (exact) mass is 901 g/mol. The fourth-order valence-corrected chi connectivity index (χ4v) is 6.83. The molecule has 0 radical (unpaired) electrons. The number of rotatable bonds is 46. The zero-order valence-corrected chi connectivity index (χ0v) is 42.0. The van der Waals surface area contributed by atoms with Gasteiger partial charge in [-0.05, 0) is 122 Å². The molecule has 65 heavy (non-hydrogen) atoms. The van der Waals surface area contributed by atoms with Crippen LogP contribution in [0.3, 0.4) is 0 Å². The Morgan fingerprint density at radius 1 is 0.323 bits per heavy atom. The number of carbonyl (C=O) groups excluding carboxylic acids is 3. The van der Waals surface area contributed by atoms with Gasteiger partial charge in [0.05, 0.1) is 0 Å². The summed E-state index contributed by atoms with van der Waals surface area (Å²) >= 11 is 0. The van der Waals surface area contributed by atoms with Crippen LogP contribution in [0.5, 0.6) is 0 Å². The summed E-state index contributed by atoms with van der Waals surface area (Å²) in [6, 6.07) is 0. The normalized spacial score (nSPS) is 13.0. The number of hydrogen-bond donors (Lipinski definition) is 0. The number of unbranched alkanes of at least 4 members (excludes halogenated alkanes) is 17. The first-order valence-electron chi connectivity index (χ1n) is 26.4. The first-order chi connectivity index (χ1) is 32.0. The Bertz CT molecular complexity index is 1360. The van der Waals surface area contributed by atoms with E-state index in [4.69, 9.17) is 14.2 Å². The molecule has 0 saturated heterocycles. The zero-order chi connectivity index (χ0) is 47.2. The van der Waals surface area contributed by atoms with Crippen LogP contribution in [0, 0.1) is 0 Å². The third-order valence-corrected chi connectivity index (χ3v) is 10.7. The Morgan fingerprint density at radius 2 is 0.600 bits per heavy atom. The fraction of sp³-hybridized carbons (Fsp3) is 0.644. The maximum atomic E-state index is 12.8. The van der Waals surface area contributed by atoms with E-state index in [2.05, 4.69) is 130 Å². The molecule has 0 spiro atoms. The van der Waals surface area contributed by atoms with Crippen molar-refractivity contribution in [3.63, 3.8) is 0 Å². The van der Waals surface area contributed by atoms with E-state index in [1.54, 1.807) is 0 Å². The minimum absolute atomic E-state index is 0.102. The lowest BCUT2D eigenvalue weighted by Crippen LogP contribution is -2.30. The smallest absolute Gasteiger partial charge is 0.306 e. The average Bonchev–Trinajstić information content (AvgIpc) is 3.30. The molecule has 0 aliphatic rings. The molecule has 0 amide bonds. The summed E-state index contributed by atoms with van der Waals surface area (Å²) < 4.78 is 16.8. The molecule has 0 rings (SSSR count). The van der Waals surface area contributed by atoms with E-state index in [9.17, 15) is 14.4 Å². The molecule has 0 aliphatic carbocycles. The van der Waals surface area contributed by atoms with Crippen LogP contribution in [0.1, 0.15) is 226 Å². The highest BCUT2D eigenvalue weighted by molar-refractivity contribution is 5.71. The second kappa shape index (κ2) is 52.7. The molecule has 0 bridgehead atoms. The molecule has 0 heterocycles. The lowest BCUT2D eigenvalue weighted by Gasteiger charge is -2.18. The lowest BCUT2D eigenvalue weighted by molar-refractivity contribution is -0.167. The van der Waals surface area contributed by atoms with E-state index in [-0.39, 0.29) is 31.1 Å². The summed E-state index contributed by atoms with van der Waals surface area (Å²) in [5.41, 5.74) is 0. The Labute approximate surface area is 400 Å². The van der Waals surface area contributed by atoms with Crippen molar-refractivity contribution >= 4 is 17.9 Å². The van der Waals surface area contributed by atoms with Gasteiger partial charge < -0.3 is 14.2 Å². The third-order valence-electron chi connectivity index (χ3n) is 10.7. The predicted octanol–water partition coefficient (Wildman–Crippen LogP) is 17.5. The van der Waals surface area contributed by atoms with E-state index in [1.165, 1.54) is 38.5 Å². The summed E-state index contributed by atoms with van der Waals surface area (Å²) in [6.45, 7) is 6.33. The quantitative estimate of drug-likeness (QED) is 0.0262. The van der Waals surface area contributed by atoms with E-state index in [0.717, 1.165) is 148 Å². The molecule has 1 atom stereocenters. The molecule has 0 aliphatic heterocycles. The molecule has 0 aromatic heterocycles. The third kappa shape index (κ3) is 50.9. The maximum absolute atomic E-state index is 12.8.